The fraction of sp³-hybridized carbons (Fsp3) is 0.167. The van der Waals surface area contributed by atoms with Gasteiger partial charge in [0.25, 0.3) is 0 Å². The molecule has 1 heterocycles. The van der Waals surface area contributed by atoms with Crippen LogP contribution in [0.5, 0.6) is 5.75 Å². The maximum atomic E-state index is 8.38. The van der Waals surface area contributed by atoms with Gasteiger partial charge in [0.05, 0.1) is 6.20 Å². The van der Waals surface area contributed by atoms with E-state index in [1.807, 2.05) is 6.92 Å². The second-order valence-corrected chi connectivity index (χ2v) is 2.08. The quantitative estimate of drug-likeness (QED) is 0.574. The van der Waals surface area contributed by atoms with Crippen molar-refractivity contribution in [2.24, 2.45) is 0 Å². The summed E-state index contributed by atoms with van der Waals surface area (Å²) in [5, 5.41) is 16.8. The third kappa shape index (κ3) is 2.57. The van der Waals surface area contributed by atoms with Crippen LogP contribution in [0.15, 0.2) is 18.3 Å². The smallest absolute Gasteiger partial charge is 0.511 e. The second-order valence-electron chi connectivity index (χ2n) is 2.08. The topological polar surface area (TPSA) is 62.6 Å². The van der Waals surface area contributed by atoms with Crippen molar-refractivity contribution in [3.8, 4) is 5.75 Å². The van der Waals surface area contributed by atoms with E-state index in [4.69, 9.17) is 10.0 Å². The number of aryl methyl sites for hydroxylation is 1. The molecule has 0 aliphatic rings. The third-order valence-electron chi connectivity index (χ3n) is 1.13. The number of nitrogens with zero attached hydrogens (tertiary/aromatic N) is 1. The molecule has 1 rings (SSSR count). The molecule has 0 saturated heterocycles. The van der Waals surface area contributed by atoms with Gasteiger partial charge in [-0.3, -0.25) is 4.98 Å². The van der Waals surface area contributed by atoms with Crippen LogP contribution in [-0.2, 0) is 0 Å². The molecule has 0 bridgehead atoms. The number of pyridine rings is 1. The van der Waals surface area contributed by atoms with Gasteiger partial charge in [-0.1, -0.05) is 0 Å². The Hall–Kier alpha value is -1.07. The molecule has 1 aromatic rings. The Kier molecular flexibility index (Phi) is 2.46. The molecule has 5 heteroatoms. The maximum Gasteiger partial charge on any atom is 0.707 e. The van der Waals surface area contributed by atoms with Crippen LogP contribution in [-0.4, -0.2) is 22.4 Å². The summed E-state index contributed by atoms with van der Waals surface area (Å²) in [6, 6.07) is 3.33. The van der Waals surface area contributed by atoms with E-state index in [1.165, 1.54) is 6.20 Å². The van der Waals surface area contributed by atoms with Gasteiger partial charge in [0.2, 0.25) is 0 Å². The first kappa shape index (κ1) is 8.04. The van der Waals surface area contributed by atoms with Crippen molar-refractivity contribution in [2.75, 3.05) is 0 Å². The molecule has 0 atom stereocenters. The summed E-state index contributed by atoms with van der Waals surface area (Å²) < 4.78 is 4.52. The van der Waals surface area contributed by atoms with Crippen molar-refractivity contribution in [3.05, 3.63) is 24.0 Å². The highest BCUT2D eigenvalue weighted by atomic mass is 16.6. The highest BCUT2D eigenvalue weighted by Gasteiger charge is 2.10. The first-order valence-corrected chi connectivity index (χ1v) is 3.14. The Balaban J connectivity index is 2.66. The summed E-state index contributed by atoms with van der Waals surface area (Å²) in [4.78, 5) is 3.88. The summed E-state index contributed by atoms with van der Waals surface area (Å²) in [7, 11) is -1.78. The molecule has 11 heavy (non-hydrogen) atoms. The van der Waals surface area contributed by atoms with Gasteiger partial charge in [-0.25, -0.2) is 0 Å². The fourth-order valence-electron chi connectivity index (χ4n) is 0.646. The third-order valence-corrected chi connectivity index (χ3v) is 1.13. The lowest BCUT2D eigenvalue weighted by atomic mass is 10.2. The van der Waals surface area contributed by atoms with Crippen LogP contribution in [0, 0.1) is 6.92 Å². The van der Waals surface area contributed by atoms with Crippen LogP contribution in [0.25, 0.3) is 0 Å². The molecule has 0 saturated carbocycles. The zero-order valence-corrected chi connectivity index (χ0v) is 6.06. The van der Waals surface area contributed by atoms with Crippen LogP contribution in [0.1, 0.15) is 5.69 Å². The van der Waals surface area contributed by atoms with Crippen LogP contribution >= 0.6 is 0 Å². The van der Waals surface area contributed by atoms with Gasteiger partial charge in [-0.15, -0.1) is 0 Å². The molecule has 58 valence electrons. The Morgan fingerprint density at radius 3 is 2.64 bits per heavy atom. The SMILES string of the molecule is Cc1ccc(OB(O)O)cn1. The normalized spacial score (nSPS) is 9.36. The molecule has 4 nitrogen and oxygen atoms in total. The van der Waals surface area contributed by atoms with E-state index in [0.29, 0.717) is 5.75 Å². The van der Waals surface area contributed by atoms with E-state index in [-0.39, 0.29) is 0 Å². The average Bonchev–Trinajstić information content (AvgIpc) is 1.93. The Bertz CT molecular complexity index is 224. The van der Waals surface area contributed by atoms with E-state index in [2.05, 4.69) is 9.64 Å². The Morgan fingerprint density at radius 2 is 2.18 bits per heavy atom. The number of rotatable bonds is 2. The van der Waals surface area contributed by atoms with E-state index < -0.39 is 7.32 Å². The van der Waals surface area contributed by atoms with Gasteiger partial charge in [-0.2, -0.15) is 0 Å². The predicted molar refractivity (Wildman–Crippen MR) is 39.8 cm³/mol. The van der Waals surface area contributed by atoms with Crippen LogP contribution in [0.4, 0.5) is 0 Å². The number of hydrogen-bond acceptors (Lipinski definition) is 4. The van der Waals surface area contributed by atoms with E-state index >= 15 is 0 Å². The molecular formula is C6H8BNO3. The molecule has 0 spiro atoms. The Morgan fingerprint density at radius 1 is 1.45 bits per heavy atom. The summed E-state index contributed by atoms with van der Waals surface area (Å²) in [5.41, 5.74) is 0.852. The maximum absolute atomic E-state index is 8.38. The number of hydrogen-bond donors (Lipinski definition) is 2. The van der Waals surface area contributed by atoms with Crippen molar-refractivity contribution in [3.63, 3.8) is 0 Å². The van der Waals surface area contributed by atoms with E-state index in [9.17, 15) is 0 Å². The first-order chi connectivity index (χ1) is 5.18. The molecular weight excluding hydrogens is 145 g/mol. The molecule has 0 amide bonds. The zero-order valence-electron chi connectivity index (χ0n) is 6.06. The van der Waals surface area contributed by atoms with Crippen LogP contribution in [0.2, 0.25) is 0 Å². The summed E-state index contributed by atoms with van der Waals surface area (Å²) >= 11 is 0. The van der Waals surface area contributed by atoms with Crippen molar-refractivity contribution < 1.29 is 14.7 Å². The van der Waals surface area contributed by atoms with Gasteiger partial charge < -0.3 is 14.7 Å². The summed E-state index contributed by atoms with van der Waals surface area (Å²) in [6.07, 6.45) is 1.43. The predicted octanol–water partition coefficient (Wildman–Crippen LogP) is -0.262. The average molecular weight is 153 g/mol. The monoisotopic (exact) mass is 153 g/mol. The highest BCUT2D eigenvalue weighted by molar-refractivity contribution is 6.33. The van der Waals surface area contributed by atoms with Gasteiger partial charge in [0.15, 0.2) is 0 Å². The lowest BCUT2D eigenvalue weighted by Gasteiger charge is -2.02. The van der Waals surface area contributed by atoms with Gasteiger partial charge in [0, 0.05) is 5.69 Å². The largest absolute Gasteiger partial charge is 0.707 e. The van der Waals surface area contributed by atoms with Gasteiger partial charge in [0.1, 0.15) is 5.75 Å². The zero-order chi connectivity index (χ0) is 8.27. The molecule has 1 aromatic heterocycles. The minimum atomic E-state index is -1.78. The van der Waals surface area contributed by atoms with Crippen molar-refractivity contribution in [1.29, 1.82) is 0 Å². The lowest BCUT2D eigenvalue weighted by Crippen LogP contribution is -2.20. The molecule has 0 aliphatic carbocycles. The van der Waals surface area contributed by atoms with Crippen molar-refractivity contribution in [1.82, 2.24) is 4.98 Å². The molecule has 0 fully saturated rings. The first-order valence-electron chi connectivity index (χ1n) is 3.14. The molecule has 0 radical (unpaired) electrons. The van der Waals surface area contributed by atoms with Crippen LogP contribution in [0.3, 0.4) is 0 Å². The van der Waals surface area contributed by atoms with Gasteiger partial charge >= 0.3 is 7.32 Å². The lowest BCUT2D eigenvalue weighted by molar-refractivity contribution is 0.287. The minimum absolute atomic E-state index is 0.339. The standard InChI is InChI=1S/C6H8BNO3/c1-5-2-3-6(4-8-5)11-7(9)10/h2-4,9-10H,1H3. The fourth-order valence-corrected chi connectivity index (χ4v) is 0.646. The molecule has 0 aromatic carbocycles. The summed E-state index contributed by atoms with van der Waals surface area (Å²) in [5.74, 6) is 0.339. The minimum Gasteiger partial charge on any atom is -0.511 e. The Labute approximate surface area is 64.6 Å². The van der Waals surface area contributed by atoms with E-state index in [0.717, 1.165) is 5.69 Å². The summed E-state index contributed by atoms with van der Waals surface area (Å²) in [6.45, 7) is 1.83. The number of aromatic nitrogens is 1. The van der Waals surface area contributed by atoms with Crippen molar-refractivity contribution in [2.45, 2.75) is 6.92 Å². The van der Waals surface area contributed by atoms with Gasteiger partial charge in [-0.05, 0) is 19.1 Å². The molecule has 0 unspecified atom stereocenters. The second kappa shape index (κ2) is 3.36. The highest BCUT2D eigenvalue weighted by Crippen LogP contribution is 2.07. The molecule has 0 aliphatic heterocycles. The van der Waals surface area contributed by atoms with Crippen molar-refractivity contribution >= 4 is 7.32 Å². The molecule has 2 N–H and O–H groups in total. The van der Waals surface area contributed by atoms with Crippen LogP contribution < -0.4 is 4.65 Å². The van der Waals surface area contributed by atoms with E-state index in [1.54, 1.807) is 12.1 Å².